The number of nitrogens with one attached hydrogen (secondary N) is 1. The third-order valence-electron chi connectivity index (χ3n) is 5.89. The Balaban J connectivity index is 1.58. The lowest BCUT2D eigenvalue weighted by molar-refractivity contribution is -0.117. The van der Waals surface area contributed by atoms with Gasteiger partial charge in [0, 0.05) is 11.6 Å². The van der Waals surface area contributed by atoms with Crippen LogP contribution < -0.4 is 10.1 Å². The van der Waals surface area contributed by atoms with E-state index < -0.39 is 0 Å². The first kappa shape index (κ1) is 25.3. The molecule has 1 amide bonds. The summed E-state index contributed by atoms with van der Waals surface area (Å²) in [5, 5.41) is 3.18. The predicted molar refractivity (Wildman–Crippen MR) is 142 cm³/mol. The number of unbranched alkanes of at least 4 members (excludes halogenated alkanes) is 5. The number of amides is 1. The fourth-order valence-corrected chi connectivity index (χ4v) is 3.99. The van der Waals surface area contributed by atoms with Crippen molar-refractivity contribution in [2.24, 2.45) is 0 Å². The number of para-hydroxylation sites is 1. The largest absolute Gasteiger partial charge is 0.493 e. The van der Waals surface area contributed by atoms with Gasteiger partial charge in [0.25, 0.3) is 0 Å². The Kier molecular flexibility index (Phi) is 11.0. The summed E-state index contributed by atoms with van der Waals surface area (Å²) in [5.74, 6) is 0.708. The van der Waals surface area contributed by atoms with Crippen molar-refractivity contribution in [3.8, 4) is 5.75 Å². The minimum absolute atomic E-state index is 0.0973. The van der Waals surface area contributed by atoms with Crippen LogP contribution in [0.4, 0.5) is 0 Å². The van der Waals surface area contributed by atoms with Crippen molar-refractivity contribution in [2.45, 2.75) is 57.9 Å². The molecule has 1 atom stereocenters. The molecule has 1 unspecified atom stereocenters. The minimum Gasteiger partial charge on any atom is -0.493 e. The third-order valence-corrected chi connectivity index (χ3v) is 5.89. The predicted octanol–water partition coefficient (Wildman–Crippen LogP) is 7.54. The monoisotopic (exact) mass is 455 g/mol. The summed E-state index contributed by atoms with van der Waals surface area (Å²) in [6, 6.07) is 28.2. The van der Waals surface area contributed by atoms with Gasteiger partial charge in [-0.15, -0.1) is 0 Å². The van der Waals surface area contributed by atoms with Gasteiger partial charge >= 0.3 is 0 Å². The Hall–Kier alpha value is -3.33. The molecule has 0 aliphatic carbocycles. The quantitative estimate of drug-likeness (QED) is 0.201. The van der Waals surface area contributed by atoms with Gasteiger partial charge in [-0.2, -0.15) is 0 Å². The molecule has 34 heavy (non-hydrogen) atoms. The van der Waals surface area contributed by atoms with Gasteiger partial charge in [0.2, 0.25) is 5.91 Å². The summed E-state index contributed by atoms with van der Waals surface area (Å²) in [6.07, 6.45) is 11.6. The Morgan fingerprint density at radius 1 is 0.824 bits per heavy atom. The maximum atomic E-state index is 12.8. The van der Waals surface area contributed by atoms with E-state index in [1.165, 1.54) is 37.7 Å². The molecule has 3 rings (SSSR count). The summed E-state index contributed by atoms with van der Waals surface area (Å²) in [5.41, 5.74) is 3.20. The Bertz CT molecular complexity index is 998. The first-order chi connectivity index (χ1) is 16.8. The number of hydrogen-bond acceptors (Lipinski definition) is 2. The summed E-state index contributed by atoms with van der Waals surface area (Å²) >= 11 is 0. The van der Waals surface area contributed by atoms with Crippen molar-refractivity contribution >= 4 is 12.0 Å². The lowest BCUT2D eigenvalue weighted by atomic mass is 9.99. The smallest absolute Gasteiger partial charge is 0.244 e. The topological polar surface area (TPSA) is 38.3 Å². The summed E-state index contributed by atoms with van der Waals surface area (Å²) in [4.78, 5) is 12.8. The second-order valence-corrected chi connectivity index (χ2v) is 8.65. The van der Waals surface area contributed by atoms with Crippen LogP contribution in [0.25, 0.3) is 6.08 Å². The van der Waals surface area contributed by atoms with Gasteiger partial charge in [-0.3, -0.25) is 4.79 Å². The highest BCUT2D eigenvalue weighted by Gasteiger charge is 2.14. The summed E-state index contributed by atoms with van der Waals surface area (Å²) < 4.78 is 6.02. The molecule has 3 nitrogen and oxygen atoms in total. The van der Waals surface area contributed by atoms with Crippen LogP contribution in [0.2, 0.25) is 0 Å². The van der Waals surface area contributed by atoms with Gasteiger partial charge in [0.1, 0.15) is 5.75 Å². The Morgan fingerprint density at radius 3 is 2.24 bits per heavy atom. The molecule has 0 saturated carbocycles. The zero-order chi connectivity index (χ0) is 23.8. The van der Waals surface area contributed by atoms with Crippen molar-refractivity contribution in [3.63, 3.8) is 0 Å². The highest BCUT2D eigenvalue weighted by Crippen LogP contribution is 2.21. The van der Waals surface area contributed by atoms with Gasteiger partial charge in [0.05, 0.1) is 12.6 Å². The number of carbonyl (C=O) groups is 1. The van der Waals surface area contributed by atoms with Crippen molar-refractivity contribution in [2.75, 3.05) is 6.61 Å². The first-order valence-electron chi connectivity index (χ1n) is 12.6. The molecule has 178 valence electrons. The van der Waals surface area contributed by atoms with Crippen LogP contribution in [0.5, 0.6) is 5.75 Å². The fourth-order valence-electron chi connectivity index (χ4n) is 3.99. The molecule has 0 heterocycles. The van der Waals surface area contributed by atoms with Crippen LogP contribution >= 0.6 is 0 Å². The van der Waals surface area contributed by atoms with E-state index in [4.69, 9.17) is 4.74 Å². The summed E-state index contributed by atoms with van der Waals surface area (Å²) in [7, 11) is 0. The maximum absolute atomic E-state index is 12.8. The first-order valence-corrected chi connectivity index (χ1v) is 12.6. The van der Waals surface area contributed by atoms with Gasteiger partial charge in [0.15, 0.2) is 0 Å². The minimum atomic E-state index is -0.115. The van der Waals surface area contributed by atoms with E-state index in [-0.39, 0.29) is 11.9 Å². The van der Waals surface area contributed by atoms with Crippen LogP contribution in [0.15, 0.2) is 91.0 Å². The van der Waals surface area contributed by atoms with Crippen LogP contribution in [0.3, 0.4) is 0 Å². The molecule has 1 N–H and O–H groups in total. The standard InChI is InChI=1S/C31H37NO2/c1-2-3-4-5-6-15-24-34-30-21-14-13-20-28(30)22-23-31(33)32-29(27-18-11-8-12-19-27)25-26-16-9-7-10-17-26/h7-14,16-23,29H,2-6,15,24-25H2,1H3,(H,32,33). The van der Waals surface area contributed by atoms with E-state index in [2.05, 4.69) is 36.5 Å². The Labute approximate surface area is 204 Å². The van der Waals surface area contributed by atoms with E-state index in [0.717, 1.165) is 29.7 Å². The molecule has 0 aliphatic rings. The van der Waals surface area contributed by atoms with Gasteiger partial charge in [-0.1, -0.05) is 118 Å². The van der Waals surface area contributed by atoms with E-state index >= 15 is 0 Å². The number of hydrogen-bond donors (Lipinski definition) is 1. The molecular formula is C31H37NO2. The van der Waals surface area contributed by atoms with Crippen molar-refractivity contribution in [3.05, 3.63) is 108 Å². The second kappa shape index (κ2) is 14.7. The number of ether oxygens (including phenoxy) is 1. The molecule has 0 spiro atoms. The molecule has 0 aliphatic heterocycles. The number of rotatable bonds is 14. The highest BCUT2D eigenvalue weighted by molar-refractivity contribution is 5.92. The third kappa shape index (κ3) is 8.90. The van der Waals surface area contributed by atoms with Gasteiger partial charge < -0.3 is 10.1 Å². The Morgan fingerprint density at radius 2 is 1.47 bits per heavy atom. The molecule has 3 aromatic carbocycles. The zero-order valence-corrected chi connectivity index (χ0v) is 20.3. The lowest BCUT2D eigenvalue weighted by Crippen LogP contribution is -2.28. The zero-order valence-electron chi connectivity index (χ0n) is 20.3. The SMILES string of the molecule is CCCCCCCCOc1ccccc1C=CC(=O)NC(Cc1ccccc1)c1ccccc1. The number of benzene rings is 3. The highest BCUT2D eigenvalue weighted by atomic mass is 16.5. The van der Waals surface area contributed by atoms with Gasteiger partial charge in [-0.05, 0) is 36.1 Å². The number of carbonyl (C=O) groups excluding carboxylic acids is 1. The molecule has 3 heteroatoms. The van der Waals surface area contributed by atoms with Crippen LogP contribution in [0, 0.1) is 0 Å². The second-order valence-electron chi connectivity index (χ2n) is 8.65. The molecule has 3 aromatic rings. The molecule has 0 fully saturated rings. The van der Waals surface area contributed by atoms with Crippen LogP contribution in [-0.4, -0.2) is 12.5 Å². The molecule has 0 saturated heterocycles. The molecular weight excluding hydrogens is 418 g/mol. The van der Waals surface area contributed by atoms with Crippen molar-refractivity contribution in [1.82, 2.24) is 5.32 Å². The van der Waals surface area contributed by atoms with Crippen molar-refractivity contribution < 1.29 is 9.53 Å². The van der Waals surface area contributed by atoms with E-state index in [0.29, 0.717) is 6.61 Å². The fraction of sp³-hybridized carbons (Fsp3) is 0.323. The normalized spacial score (nSPS) is 11.9. The molecule has 0 bridgehead atoms. The molecule has 0 radical (unpaired) electrons. The van der Waals surface area contributed by atoms with E-state index in [1.807, 2.05) is 66.7 Å². The van der Waals surface area contributed by atoms with Crippen LogP contribution in [-0.2, 0) is 11.2 Å². The summed E-state index contributed by atoms with van der Waals surface area (Å²) in [6.45, 7) is 2.94. The average Bonchev–Trinajstić information content (AvgIpc) is 2.88. The van der Waals surface area contributed by atoms with Crippen molar-refractivity contribution in [1.29, 1.82) is 0 Å². The van der Waals surface area contributed by atoms with E-state index in [9.17, 15) is 4.79 Å². The van der Waals surface area contributed by atoms with E-state index in [1.54, 1.807) is 6.08 Å². The average molecular weight is 456 g/mol. The van der Waals surface area contributed by atoms with Gasteiger partial charge in [-0.25, -0.2) is 0 Å². The lowest BCUT2D eigenvalue weighted by Gasteiger charge is -2.18. The molecule has 0 aromatic heterocycles. The maximum Gasteiger partial charge on any atom is 0.244 e. The van der Waals surface area contributed by atoms with Crippen LogP contribution in [0.1, 0.15) is 68.2 Å².